The molecule has 0 aliphatic heterocycles. The van der Waals surface area contributed by atoms with E-state index in [4.69, 9.17) is 9.84 Å². The molecule has 1 aliphatic carbocycles. The van der Waals surface area contributed by atoms with Gasteiger partial charge in [-0.05, 0) is 35.1 Å². The van der Waals surface area contributed by atoms with E-state index < -0.39 is 18.0 Å². The number of aliphatic carboxylic acids is 1. The number of fused-ring (bicyclic) bond motifs is 3. The first-order valence-electron chi connectivity index (χ1n) is 12.0. The van der Waals surface area contributed by atoms with Gasteiger partial charge in [-0.1, -0.05) is 75.2 Å². The molecule has 3 N–H and O–H groups in total. The van der Waals surface area contributed by atoms with Gasteiger partial charge in [0.1, 0.15) is 6.61 Å². The molecule has 2 aromatic carbocycles. The molecular formula is C27H34N2O5. The number of nitrogens with one attached hydrogen (secondary N) is 2. The van der Waals surface area contributed by atoms with E-state index in [9.17, 15) is 14.4 Å². The number of alkyl carbamates (subject to hydrolysis) is 1. The maximum Gasteiger partial charge on any atom is 0.407 e. The Hall–Kier alpha value is -3.35. The van der Waals surface area contributed by atoms with Gasteiger partial charge >= 0.3 is 12.1 Å². The maximum absolute atomic E-state index is 12.6. The summed E-state index contributed by atoms with van der Waals surface area (Å²) in [5.41, 5.74) is 4.63. The van der Waals surface area contributed by atoms with Crippen LogP contribution in [0.5, 0.6) is 0 Å². The lowest BCUT2D eigenvalue weighted by Gasteiger charge is -2.20. The van der Waals surface area contributed by atoms with E-state index in [2.05, 4.69) is 41.8 Å². The van der Waals surface area contributed by atoms with E-state index in [1.165, 1.54) is 11.1 Å². The molecule has 2 aromatic rings. The van der Waals surface area contributed by atoms with Crippen molar-refractivity contribution in [3.63, 3.8) is 0 Å². The van der Waals surface area contributed by atoms with Gasteiger partial charge in [0.15, 0.2) is 0 Å². The van der Waals surface area contributed by atoms with Crippen LogP contribution < -0.4 is 10.6 Å². The minimum atomic E-state index is -0.882. The smallest absolute Gasteiger partial charge is 0.407 e. The summed E-state index contributed by atoms with van der Waals surface area (Å²) in [4.78, 5) is 35.9. The van der Waals surface area contributed by atoms with Crippen molar-refractivity contribution < 1.29 is 24.2 Å². The lowest BCUT2D eigenvalue weighted by Crippen LogP contribution is -2.40. The van der Waals surface area contributed by atoms with E-state index >= 15 is 0 Å². The van der Waals surface area contributed by atoms with Gasteiger partial charge < -0.3 is 20.5 Å². The number of hydrogen-bond donors (Lipinski definition) is 3. The maximum atomic E-state index is 12.6. The molecule has 0 saturated carbocycles. The first-order valence-corrected chi connectivity index (χ1v) is 12.0. The summed E-state index contributed by atoms with van der Waals surface area (Å²) < 4.78 is 5.62. The fraction of sp³-hybridized carbons (Fsp3) is 0.444. The van der Waals surface area contributed by atoms with Crippen molar-refractivity contribution in [3.05, 3.63) is 59.7 Å². The van der Waals surface area contributed by atoms with Gasteiger partial charge in [0.05, 0.1) is 5.92 Å². The molecule has 0 radical (unpaired) electrons. The number of benzene rings is 2. The third-order valence-electron chi connectivity index (χ3n) is 6.32. The molecule has 0 bridgehead atoms. The Morgan fingerprint density at radius 2 is 1.62 bits per heavy atom. The number of ether oxygens (including phenoxy) is 1. The van der Waals surface area contributed by atoms with Gasteiger partial charge in [0, 0.05) is 24.9 Å². The number of hydrogen-bond acceptors (Lipinski definition) is 4. The van der Waals surface area contributed by atoms with Crippen LogP contribution in [0, 0.1) is 5.92 Å². The monoisotopic (exact) mass is 466 g/mol. The van der Waals surface area contributed by atoms with Crippen LogP contribution in [0.1, 0.15) is 63.0 Å². The molecule has 0 saturated heterocycles. The first kappa shape index (κ1) is 25.3. The molecule has 34 heavy (non-hydrogen) atoms. The average Bonchev–Trinajstić information content (AvgIpc) is 3.14. The Labute approximate surface area is 200 Å². The Balaban J connectivity index is 1.54. The normalized spacial score (nSPS) is 13.9. The highest BCUT2D eigenvalue weighted by molar-refractivity contribution is 5.79. The van der Waals surface area contributed by atoms with Gasteiger partial charge in [-0.25, -0.2) is 4.79 Å². The number of carboxylic acid groups (broad SMARTS) is 1. The van der Waals surface area contributed by atoms with Crippen LogP contribution in [0.3, 0.4) is 0 Å². The minimum Gasteiger partial charge on any atom is -0.481 e. The van der Waals surface area contributed by atoms with Gasteiger partial charge in [-0.2, -0.15) is 0 Å². The highest BCUT2D eigenvalue weighted by Gasteiger charge is 2.29. The summed E-state index contributed by atoms with van der Waals surface area (Å²) >= 11 is 0. The SMILES string of the molecule is CCCCC(CC(=O)NCCC(C)C(=O)O)NC(=O)OCC1c2ccccc2-c2ccccc21. The molecule has 2 unspecified atom stereocenters. The molecule has 0 spiro atoms. The van der Waals surface area contributed by atoms with Gasteiger partial charge in [-0.15, -0.1) is 0 Å². The van der Waals surface area contributed by atoms with Crippen LogP contribution in [-0.2, 0) is 14.3 Å². The molecule has 182 valence electrons. The zero-order chi connectivity index (χ0) is 24.5. The predicted molar refractivity (Wildman–Crippen MR) is 131 cm³/mol. The van der Waals surface area contributed by atoms with Crippen molar-refractivity contribution >= 4 is 18.0 Å². The molecule has 0 aromatic heterocycles. The number of rotatable bonds is 12. The molecule has 0 fully saturated rings. The van der Waals surface area contributed by atoms with E-state index in [0.29, 0.717) is 12.8 Å². The zero-order valence-corrected chi connectivity index (χ0v) is 19.9. The lowest BCUT2D eigenvalue weighted by atomic mass is 9.98. The molecule has 1 aliphatic rings. The van der Waals surface area contributed by atoms with Crippen molar-refractivity contribution in [2.45, 2.75) is 57.9 Å². The highest BCUT2D eigenvalue weighted by Crippen LogP contribution is 2.44. The molecule has 7 nitrogen and oxygen atoms in total. The number of amides is 2. The second kappa shape index (κ2) is 12.2. The summed E-state index contributed by atoms with van der Waals surface area (Å²) in [6, 6.07) is 16.0. The quantitative estimate of drug-likeness (QED) is 0.421. The summed E-state index contributed by atoms with van der Waals surface area (Å²) in [7, 11) is 0. The molecule has 3 rings (SSSR count). The summed E-state index contributed by atoms with van der Waals surface area (Å²) in [5, 5.41) is 14.6. The van der Waals surface area contributed by atoms with Crippen LogP contribution in [-0.4, -0.2) is 42.3 Å². The highest BCUT2D eigenvalue weighted by atomic mass is 16.5. The van der Waals surface area contributed by atoms with Gasteiger partial charge in [-0.3, -0.25) is 9.59 Å². The Morgan fingerprint density at radius 1 is 1.00 bits per heavy atom. The van der Waals surface area contributed by atoms with Crippen LogP contribution in [0.4, 0.5) is 4.79 Å². The number of carbonyl (C=O) groups is 3. The third-order valence-corrected chi connectivity index (χ3v) is 6.32. The number of unbranched alkanes of at least 4 members (excludes halogenated alkanes) is 1. The minimum absolute atomic E-state index is 0.0215. The van der Waals surface area contributed by atoms with E-state index in [1.807, 2.05) is 24.3 Å². The summed E-state index contributed by atoms with van der Waals surface area (Å²) in [5.74, 6) is -1.63. The molecule has 0 heterocycles. The molecule has 2 atom stereocenters. The zero-order valence-electron chi connectivity index (χ0n) is 19.9. The standard InChI is InChI=1S/C27H34N2O5/c1-3-4-9-19(16-25(30)28-15-14-18(2)26(31)32)29-27(33)34-17-24-22-12-7-5-10-20(22)21-11-6-8-13-23(21)24/h5-8,10-13,18-19,24H,3-4,9,14-17H2,1-2H3,(H,28,30)(H,29,33)(H,31,32). The van der Waals surface area contributed by atoms with Crippen molar-refractivity contribution in [1.82, 2.24) is 10.6 Å². The molecule has 7 heteroatoms. The van der Waals surface area contributed by atoms with Crippen LogP contribution in [0.15, 0.2) is 48.5 Å². The first-order chi connectivity index (χ1) is 16.4. The van der Waals surface area contributed by atoms with E-state index in [0.717, 1.165) is 24.0 Å². The average molecular weight is 467 g/mol. The Bertz CT molecular complexity index is 961. The largest absolute Gasteiger partial charge is 0.481 e. The fourth-order valence-corrected chi connectivity index (χ4v) is 4.33. The Morgan fingerprint density at radius 3 is 2.21 bits per heavy atom. The fourth-order valence-electron chi connectivity index (χ4n) is 4.33. The van der Waals surface area contributed by atoms with Crippen LogP contribution in [0.2, 0.25) is 0 Å². The summed E-state index contributed by atoms with van der Waals surface area (Å²) in [6.07, 6.45) is 2.44. The predicted octanol–water partition coefficient (Wildman–Crippen LogP) is 4.70. The third kappa shape index (κ3) is 6.59. The van der Waals surface area contributed by atoms with Crippen LogP contribution in [0.25, 0.3) is 11.1 Å². The van der Waals surface area contributed by atoms with E-state index in [-0.39, 0.29) is 37.4 Å². The van der Waals surface area contributed by atoms with Gasteiger partial charge in [0.2, 0.25) is 5.91 Å². The van der Waals surface area contributed by atoms with Crippen molar-refractivity contribution in [1.29, 1.82) is 0 Å². The van der Waals surface area contributed by atoms with Crippen LogP contribution >= 0.6 is 0 Å². The second-order valence-electron chi connectivity index (χ2n) is 8.89. The molecular weight excluding hydrogens is 432 g/mol. The van der Waals surface area contributed by atoms with Gasteiger partial charge in [0.25, 0.3) is 0 Å². The summed E-state index contributed by atoms with van der Waals surface area (Å²) in [6.45, 7) is 4.17. The number of carbonyl (C=O) groups excluding carboxylic acids is 2. The van der Waals surface area contributed by atoms with Crippen molar-refractivity contribution in [3.8, 4) is 11.1 Å². The Kier molecular flexibility index (Phi) is 9.08. The molecule has 2 amide bonds. The van der Waals surface area contributed by atoms with E-state index in [1.54, 1.807) is 6.92 Å². The van der Waals surface area contributed by atoms with Crippen molar-refractivity contribution in [2.75, 3.05) is 13.2 Å². The lowest BCUT2D eigenvalue weighted by molar-refractivity contribution is -0.141. The second-order valence-corrected chi connectivity index (χ2v) is 8.89. The topological polar surface area (TPSA) is 105 Å². The van der Waals surface area contributed by atoms with Crippen molar-refractivity contribution in [2.24, 2.45) is 5.92 Å². The number of carboxylic acids is 1.